The van der Waals surface area contributed by atoms with E-state index in [-0.39, 0.29) is 31.3 Å². The Morgan fingerprint density at radius 1 is 0.682 bits per heavy atom. The Labute approximate surface area is 270 Å². The van der Waals surface area contributed by atoms with Crippen LogP contribution in [0.25, 0.3) is 0 Å². The van der Waals surface area contributed by atoms with E-state index in [1.165, 1.54) is 44.9 Å². The molecule has 6 heteroatoms. The molecule has 3 atom stereocenters. The third-order valence-electron chi connectivity index (χ3n) is 7.74. The Bertz CT molecular complexity index is 784. The van der Waals surface area contributed by atoms with Crippen LogP contribution in [0, 0.1) is 5.92 Å². The van der Waals surface area contributed by atoms with Gasteiger partial charge in [-0.2, -0.15) is 0 Å². The molecule has 0 bridgehead atoms. The summed E-state index contributed by atoms with van der Waals surface area (Å²) in [5.41, 5.74) is 0. The summed E-state index contributed by atoms with van der Waals surface area (Å²) in [7, 11) is 0. The summed E-state index contributed by atoms with van der Waals surface area (Å²) in [4.78, 5) is 24.1. The first-order chi connectivity index (χ1) is 21.4. The highest BCUT2D eigenvalue weighted by Gasteiger charge is 2.16. The lowest BCUT2D eigenvalue weighted by molar-refractivity contribution is -0.161. The molecular weight excluding hydrogens is 552 g/mol. The first-order valence-corrected chi connectivity index (χ1v) is 17.7. The molecule has 1 unspecified atom stereocenters. The average Bonchev–Trinajstić information content (AvgIpc) is 3.02. The van der Waals surface area contributed by atoms with E-state index < -0.39 is 6.10 Å². The standard InChI is InChI=1S/C38H66O6/c1-4-6-28-35(40)29-24-20-16-11-9-7-8-10-12-17-21-25-30-37(41)43-33-36(32-39)44-38(42)31-26-22-18-14-13-15-19-23-27-34(3)5-2/h7-8,11-12,16-17,24,29,34-36,39-40H,4-6,9-10,13-15,18-23,25-28,30-33H2,1-3H3/b8-7-,16-11-,17-12-,29-24-/t34?,35-,36-/m0/s1. The van der Waals surface area contributed by atoms with Crippen LogP contribution in [0.1, 0.15) is 149 Å². The number of carbonyl (C=O) groups is 2. The molecule has 0 heterocycles. The zero-order valence-corrected chi connectivity index (χ0v) is 28.4. The molecule has 254 valence electrons. The van der Waals surface area contributed by atoms with E-state index in [4.69, 9.17) is 9.47 Å². The normalized spacial score (nSPS) is 14.2. The number of carbonyl (C=O) groups excluding carboxylic acids is 2. The molecule has 0 aliphatic heterocycles. The van der Waals surface area contributed by atoms with E-state index in [1.807, 2.05) is 12.2 Å². The van der Waals surface area contributed by atoms with Crippen molar-refractivity contribution in [2.24, 2.45) is 5.92 Å². The topological polar surface area (TPSA) is 93.1 Å². The number of aliphatic hydroxyl groups is 2. The van der Waals surface area contributed by atoms with E-state index in [2.05, 4.69) is 57.2 Å². The van der Waals surface area contributed by atoms with Crippen LogP contribution in [0.2, 0.25) is 0 Å². The van der Waals surface area contributed by atoms with Crippen molar-refractivity contribution in [1.29, 1.82) is 0 Å². The van der Waals surface area contributed by atoms with Gasteiger partial charge in [-0.25, -0.2) is 0 Å². The number of aliphatic hydroxyl groups excluding tert-OH is 2. The molecule has 44 heavy (non-hydrogen) atoms. The molecule has 0 aromatic heterocycles. The van der Waals surface area contributed by atoms with Gasteiger partial charge in [0.1, 0.15) is 6.61 Å². The summed E-state index contributed by atoms with van der Waals surface area (Å²) >= 11 is 0. The molecule has 0 aromatic rings. The Balaban J connectivity index is 3.75. The Morgan fingerprint density at radius 3 is 1.86 bits per heavy atom. The maximum Gasteiger partial charge on any atom is 0.306 e. The predicted octanol–water partition coefficient (Wildman–Crippen LogP) is 9.50. The number of allylic oxidation sites excluding steroid dienone is 7. The summed E-state index contributed by atoms with van der Waals surface area (Å²) in [6.07, 6.45) is 35.0. The van der Waals surface area contributed by atoms with Gasteiger partial charge in [0.25, 0.3) is 0 Å². The van der Waals surface area contributed by atoms with Gasteiger partial charge in [0.05, 0.1) is 12.7 Å². The van der Waals surface area contributed by atoms with Crippen LogP contribution >= 0.6 is 0 Å². The van der Waals surface area contributed by atoms with E-state index in [9.17, 15) is 19.8 Å². The molecule has 0 saturated heterocycles. The van der Waals surface area contributed by atoms with Gasteiger partial charge >= 0.3 is 11.9 Å². The van der Waals surface area contributed by atoms with Crippen LogP contribution < -0.4 is 0 Å². The molecule has 6 nitrogen and oxygen atoms in total. The zero-order valence-electron chi connectivity index (χ0n) is 28.4. The minimum atomic E-state index is -0.802. The van der Waals surface area contributed by atoms with Gasteiger partial charge in [0, 0.05) is 12.8 Å². The van der Waals surface area contributed by atoms with Crippen LogP contribution in [0.15, 0.2) is 48.6 Å². The Morgan fingerprint density at radius 2 is 1.25 bits per heavy atom. The zero-order chi connectivity index (χ0) is 32.5. The van der Waals surface area contributed by atoms with Crippen molar-refractivity contribution in [1.82, 2.24) is 0 Å². The van der Waals surface area contributed by atoms with Crippen molar-refractivity contribution < 1.29 is 29.3 Å². The van der Waals surface area contributed by atoms with Gasteiger partial charge < -0.3 is 19.7 Å². The molecule has 0 aliphatic carbocycles. The van der Waals surface area contributed by atoms with Crippen LogP contribution in [-0.2, 0) is 19.1 Å². The van der Waals surface area contributed by atoms with Crippen molar-refractivity contribution in [2.75, 3.05) is 13.2 Å². The molecule has 0 saturated carbocycles. The van der Waals surface area contributed by atoms with Crippen molar-refractivity contribution in [3.05, 3.63) is 48.6 Å². The number of ether oxygens (including phenoxy) is 2. The van der Waals surface area contributed by atoms with Crippen molar-refractivity contribution >= 4 is 11.9 Å². The highest BCUT2D eigenvalue weighted by Crippen LogP contribution is 2.15. The summed E-state index contributed by atoms with van der Waals surface area (Å²) in [6.45, 7) is 6.25. The predicted molar refractivity (Wildman–Crippen MR) is 183 cm³/mol. The lowest BCUT2D eigenvalue weighted by Gasteiger charge is -2.15. The maximum atomic E-state index is 12.1. The fourth-order valence-electron chi connectivity index (χ4n) is 4.60. The minimum absolute atomic E-state index is 0.107. The first-order valence-electron chi connectivity index (χ1n) is 17.7. The maximum absolute atomic E-state index is 12.1. The minimum Gasteiger partial charge on any atom is -0.462 e. The van der Waals surface area contributed by atoms with Gasteiger partial charge in [-0.1, -0.05) is 140 Å². The fourth-order valence-corrected chi connectivity index (χ4v) is 4.60. The number of hydrogen-bond donors (Lipinski definition) is 2. The van der Waals surface area contributed by atoms with Gasteiger partial charge in [-0.3, -0.25) is 9.59 Å². The van der Waals surface area contributed by atoms with Crippen molar-refractivity contribution in [2.45, 2.75) is 161 Å². The van der Waals surface area contributed by atoms with Gasteiger partial charge in [-0.05, 0) is 50.9 Å². The van der Waals surface area contributed by atoms with Crippen LogP contribution in [0.5, 0.6) is 0 Å². The largest absolute Gasteiger partial charge is 0.462 e. The van der Waals surface area contributed by atoms with Crippen molar-refractivity contribution in [3.8, 4) is 0 Å². The number of unbranched alkanes of at least 4 members (excludes halogenated alkanes) is 9. The van der Waals surface area contributed by atoms with Crippen LogP contribution in [-0.4, -0.2) is 47.6 Å². The number of rotatable bonds is 30. The van der Waals surface area contributed by atoms with Crippen LogP contribution in [0.4, 0.5) is 0 Å². The Kier molecular flexibility index (Phi) is 30.6. The molecule has 0 aromatic carbocycles. The molecule has 0 spiro atoms. The van der Waals surface area contributed by atoms with E-state index >= 15 is 0 Å². The second kappa shape index (κ2) is 32.2. The quantitative estimate of drug-likeness (QED) is 0.0473. The highest BCUT2D eigenvalue weighted by atomic mass is 16.6. The van der Waals surface area contributed by atoms with Crippen molar-refractivity contribution in [3.63, 3.8) is 0 Å². The lowest BCUT2D eigenvalue weighted by atomic mass is 9.99. The number of esters is 2. The van der Waals surface area contributed by atoms with Gasteiger partial charge in [-0.15, -0.1) is 0 Å². The fraction of sp³-hybridized carbons (Fsp3) is 0.737. The third-order valence-corrected chi connectivity index (χ3v) is 7.74. The first kappa shape index (κ1) is 41.8. The van der Waals surface area contributed by atoms with Crippen LogP contribution in [0.3, 0.4) is 0 Å². The monoisotopic (exact) mass is 618 g/mol. The molecule has 0 radical (unpaired) electrons. The van der Waals surface area contributed by atoms with E-state index in [1.54, 1.807) is 0 Å². The SMILES string of the molecule is CCCC[C@H](O)/C=C\C/C=C\C/C=C\C/C=C\CCCC(=O)OC[C@H](CO)OC(=O)CCCCCCCCCCC(C)CC. The van der Waals surface area contributed by atoms with E-state index in [0.29, 0.717) is 19.3 Å². The molecule has 0 fully saturated rings. The molecule has 0 aliphatic rings. The molecule has 0 amide bonds. The smallest absolute Gasteiger partial charge is 0.306 e. The summed E-state index contributed by atoms with van der Waals surface area (Å²) in [5, 5.41) is 19.3. The number of hydrogen-bond acceptors (Lipinski definition) is 6. The second-order valence-electron chi connectivity index (χ2n) is 12.0. The summed E-state index contributed by atoms with van der Waals surface area (Å²) in [5.74, 6) is 0.163. The second-order valence-corrected chi connectivity index (χ2v) is 12.0. The van der Waals surface area contributed by atoms with Gasteiger partial charge in [0.15, 0.2) is 6.10 Å². The average molecular weight is 619 g/mol. The molecule has 0 rings (SSSR count). The third kappa shape index (κ3) is 29.9. The molecule has 2 N–H and O–H groups in total. The Hall–Kier alpha value is -2.18. The van der Waals surface area contributed by atoms with E-state index in [0.717, 1.165) is 70.1 Å². The summed E-state index contributed by atoms with van der Waals surface area (Å²) < 4.78 is 10.5. The lowest BCUT2D eigenvalue weighted by Crippen LogP contribution is -2.28. The van der Waals surface area contributed by atoms with Gasteiger partial charge in [0.2, 0.25) is 0 Å². The molecular formula is C38H66O6. The summed E-state index contributed by atoms with van der Waals surface area (Å²) in [6, 6.07) is 0. The highest BCUT2D eigenvalue weighted by molar-refractivity contribution is 5.70.